The quantitative estimate of drug-likeness (QED) is 0.780. The number of hydrogen-bond donors (Lipinski definition) is 1. The number of benzene rings is 1. The summed E-state index contributed by atoms with van der Waals surface area (Å²) in [6.45, 7) is 5.60. The molecule has 74 valence electrons. The molecule has 0 saturated carbocycles. The van der Waals surface area contributed by atoms with E-state index in [1.54, 1.807) is 0 Å². The average Bonchev–Trinajstić information content (AvgIpc) is 2.48. The molecule has 0 aliphatic carbocycles. The van der Waals surface area contributed by atoms with Crippen LogP contribution in [0.15, 0.2) is 18.2 Å². The zero-order chi connectivity index (χ0) is 10.1. The second-order valence-corrected chi connectivity index (χ2v) is 3.57. The molecule has 0 radical (unpaired) electrons. The standard InChI is InChI=1S/C11H15N3/c1-8-4-3-5-10-9(2)14(7-6-12)13-11(8)10/h3-5H,6-7,12H2,1-2H3. The first-order chi connectivity index (χ1) is 6.74. The van der Waals surface area contributed by atoms with Crippen molar-refractivity contribution in [1.82, 2.24) is 9.78 Å². The molecule has 2 aromatic rings. The number of aryl methyl sites for hydroxylation is 2. The maximum absolute atomic E-state index is 5.53. The lowest BCUT2D eigenvalue weighted by molar-refractivity contribution is 0.614. The van der Waals surface area contributed by atoms with Crippen LogP contribution in [0.4, 0.5) is 0 Å². The molecular formula is C11H15N3. The molecule has 0 amide bonds. The summed E-state index contributed by atoms with van der Waals surface area (Å²) >= 11 is 0. The third kappa shape index (κ3) is 1.30. The van der Waals surface area contributed by atoms with Crippen LogP contribution in [-0.2, 0) is 6.54 Å². The Kier molecular flexibility index (Phi) is 2.25. The van der Waals surface area contributed by atoms with Crippen molar-refractivity contribution in [2.45, 2.75) is 20.4 Å². The summed E-state index contributed by atoms with van der Waals surface area (Å²) < 4.78 is 1.98. The van der Waals surface area contributed by atoms with Gasteiger partial charge in [0.25, 0.3) is 0 Å². The fraction of sp³-hybridized carbons (Fsp3) is 0.364. The van der Waals surface area contributed by atoms with Gasteiger partial charge in [-0.25, -0.2) is 0 Å². The highest BCUT2D eigenvalue weighted by Crippen LogP contribution is 2.20. The predicted octanol–water partition coefficient (Wildman–Crippen LogP) is 1.61. The van der Waals surface area contributed by atoms with Crippen LogP contribution in [0, 0.1) is 13.8 Å². The maximum atomic E-state index is 5.53. The Hall–Kier alpha value is -1.35. The van der Waals surface area contributed by atoms with E-state index in [0.717, 1.165) is 12.1 Å². The fourth-order valence-electron chi connectivity index (χ4n) is 1.76. The van der Waals surface area contributed by atoms with Gasteiger partial charge >= 0.3 is 0 Å². The summed E-state index contributed by atoms with van der Waals surface area (Å²) in [5.41, 5.74) is 9.05. The Morgan fingerprint density at radius 1 is 1.36 bits per heavy atom. The minimum atomic E-state index is 0.633. The molecule has 1 aromatic heterocycles. The normalized spacial score (nSPS) is 11.1. The minimum Gasteiger partial charge on any atom is -0.329 e. The summed E-state index contributed by atoms with van der Waals surface area (Å²) in [6.07, 6.45) is 0. The number of rotatable bonds is 2. The van der Waals surface area contributed by atoms with E-state index < -0.39 is 0 Å². The summed E-state index contributed by atoms with van der Waals surface area (Å²) in [7, 11) is 0. The van der Waals surface area contributed by atoms with Gasteiger partial charge in [-0.05, 0) is 19.4 Å². The number of nitrogens with zero attached hydrogens (tertiary/aromatic N) is 2. The van der Waals surface area contributed by atoms with Crippen LogP contribution in [0.25, 0.3) is 10.9 Å². The van der Waals surface area contributed by atoms with Gasteiger partial charge in [0.1, 0.15) is 0 Å². The summed E-state index contributed by atoms with van der Waals surface area (Å²) in [6, 6.07) is 6.26. The Balaban J connectivity index is 2.67. The van der Waals surface area contributed by atoms with Crippen LogP contribution in [0.3, 0.4) is 0 Å². The second-order valence-electron chi connectivity index (χ2n) is 3.57. The van der Waals surface area contributed by atoms with Crippen molar-refractivity contribution in [1.29, 1.82) is 0 Å². The van der Waals surface area contributed by atoms with Crippen molar-refractivity contribution in [2.24, 2.45) is 5.73 Å². The van der Waals surface area contributed by atoms with Gasteiger partial charge in [0.15, 0.2) is 0 Å². The van der Waals surface area contributed by atoms with Crippen molar-refractivity contribution in [3.05, 3.63) is 29.5 Å². The number of hydrogen-bond acceptors (Lipinski definition) is 2. The van der Waals surface area contributed by atoms with Crippen LogP contribution in [0.2, 0.25) is 0 Å². The Morgan fingerprint density at radius 2 is 2.14 bits per heavy atom. The van der Waals surface area contributed by atoms with Gasteiger partial charge < -0.3 is 5.73 Å². The molecule has 0 bridgehead atoms. The van der Waals surface area contributed by atoms with E-state index in [9.17, 15) is 0 Å². The van der Waals surface area contributed by atoms with Crippen molar-refractivity contribution in [3.8, 4) is 0 Å². The molecule has 0 atom stereocenters. The lowest BCUT2D eigenvalue weighted by Crippen LogP contribution is -2.12. The van der Waals surface area contributed by atoms with Crippen LogP contribution in [-0.4, -0.2) is 16.3 Å². The van der Waals surface area contributed by atoms with Crippen molar-refractivity contribution in [2.75, 3.05) is 6.54 Å². The van der Waals surface area contributed by atoms with E-state index in [0.29, 0.717) is 6.54 Å². The molecule has 2 rings (SSSR count). The summed E-state index contributed by atoms with van der Waals surface area (Å²) in [5, 5.41) is 5.77. The molecule has 0 saturated heterocycles. The van der Waals surface area contributed by atoms with Crippen LogP contribution >= 0.6 is 0 Å². The molecule has 0 spiro atoms. The summed E-state index contributed by atoms with van der Waals surface area (Å²) in [4.78, 5) is 0. The van der Waals surface area contributed by atoms with Gasteiger partial charge in [0, 0.05) is 17.6 Å². The van der Waals surface area contributed by atoms with E-state index in [2.05, 4.69) is 37.1 Å². The molecule has 0 aliphatic heterocycles. The van der Waals surface area contributed by atoms with Crippen molar-refractivity contribution in [3.63, 3.8) is 0 Å². The first-order valence-electron chi connectivity index (χ1n) is 4.87. The number of nitrogens with two attached hydrogens (primary N) is 1. The average molecular weight is 189 g/mol. The molecular weight excluding hydrogens is 174 g/mol. The predicted molar refractivity (Wildman–Crippen MR) is 58.3 cm³/mol. The second kappa shape index (κ2) is 3.42. The van der Waals surface area contributed by atoms with E-state index in [1.165, 1.54) is 16.6 Å². The van der Waals surface area contributed by atoms with E-state index in [1.807, 2.05) is 4.68 Å². The van der Waals surface area contributed by atoms with E-state index in [4.69, 9.17) is 5.73 Å². The van der Waals surface area contributed by atoms with Crippen LogP contribution in [0.5, 0.6) is 0 Å². The molecule has 0 aliphatic rings. The summed E-state index contributed by atoms with van der Waals surface area (Å²) in [5.74, 6) is 0. The molecule has 0 fully saturated rings. The first-order valence-corrected chi connectivity index (χ1v) is 4.87. The number of aromatic nitrogens is 2. The third-order valence-electron chi connectivity index (χ3n) is 2.58. The minimum absolute atomic E-state index is 0.633. The lowest BCUT2D eigenvalue weighted by atomic mass is 10.1. The Morgan fingerprint density at radius 3 is 2.79 bits per heavy atom. The highest BCUT2D eigenvalue weighted by atomic mass is 15.3. The Bertz CT molecular complexity index is 457. The largest absolute Gasteiger partial charge is 0.329 e. The first kappa shape index (κ1) is 9.21. The molecule has 0 unspecified atom stereocenters. The van der Waals surface area contributed by atoms with Crippen molar-refractivity contribution < 1.29 is 0 Å². The van der Waals surface area contributed by atoms with Crippen LogP contribution < -0.4 is 5.73 Å². The molecule has 3 nitrogen and oxygen atoms in total. The van der Waals surface area contributed by atoms with Gasteiger partial charge in [-0.15, -0.1) is 0 Å². The molecule has 1 aromatic carbocycles. The highest BCUT2D eigenvalue weighted by molar-refractivity contribution is 5.84. The van der Waals surface area contributed by atoms with E-state index in [-0.39, 0.29) is 0 Å². The maximum Gasteiger partial charge on any atom is 0.0955 e. The highest BCUT2D eigenvalue weighted by Gasteiger charge is 2.07. The topological polar surface area (TPSA) is 43.8 Å². The van der Waals surface area contributed by atoms with Gasteiger partial charge in [0.2, 0.25) is 0 Å². The molecule has 3 heteroatoms. The van der Waals surface area contributed by atoms with E-state index >= 15 is 0 Å². The van der Waals surface area contributed by atoms with Crippen LogP contribution in [0.1, 0.15) is 11.3 Å². The van der Waals surface area contributed by atoms with Gasteiger partial charge in [-0.2, -0.15) is 5.10 Å². The Labute approximate surface area is 83.5 Å². The van der Waals surface area contributed by atoms with Gasteiger partial charge in [-0.1, -0.05) is 18.2 Å². The monoisotopic (exact) mass is 189 g/mol. The number of fused-ring (bicyclic) bond motifs is 1. The zero-order valence-corrected chi connectivity index (χ0v) is 8.62. The fourth-order valence-corrected chi connectivity index (χ4v) is 1.76. The van der Waals surface area contributed by atoms with Gasteiger partial charge in [0.05, 0.1) is 12.1 Å². The zero-order valence-electron chi connectivity index (χ0n) is 8.62. The smallest absolute Gasteiger partial charge is 0.0955 e. The van der Waals surface area contributed by atoms with Crippen molar-refractivity contribution >= 4 is 10.9 Å². The lowest BCUT2D eigenvalue weighted by Gasteiger charge is -1.99. The van der Waals surface area contributed by atoms with Gasteiger partial charge in [-0.3, -0.25) is 4.68 Å². The third-order valence-corrected chi connectivity index (χ3v) is 2.58. The SMILES string of the molecule is Cc1cccc2c(C)n(CCN)nc12. The molecule has 2 N–H and O–H groups in total. The molecule has 14 heavy (non-hydrogen) atoms. The molecule has 1 heterocycles.